The summed E-state index contributed by atoms with van der Waals surface area (Å²) in [5.41, 5.74) is -0.365. The van der Waals surface area contributed by atoms with Gasteiger partial charge in [0.2, 0.25) is 0 Å². The fraction of sp³-hybridized carbons (Fsp3) is 0.812. The molecule has 0 aromatic rings. The summed E-state index contributed by atoms with van der Waals surface area (Å²) in [5, 5.41) is 34.2. The van der Waals surface area contributed by atoms with E-state index in [4.69, 9.17) is 47.4 Å². The SMILES string of the molecule is CC[C@H](C)[C@H]1O[C@]2(CC[C@@H]1C)C[C@@H]1C[C@@H](C/C=C(\C)[C@@H](O[C@H]3C[C@H](OC)[C@@H](O[C@H]4C[C@H](OC)[C@H](O)[C@H](C)O4)[C@H](C)O3)[C@@H](C)/C=C/C=C3\CO[C@@H]4[C@H](O)C(C)C=C(C(=O)O1)[C@]34O)O2. The van der Waals surface area contributed by atoms with E-state index in [1.165, 1.54) is 0 Å². The van der Waals surface area contributed by atoms with E-state index >= 15 is 0 Å². The Kier molecular flexibility index (Phi) is 15.3. The van der Waals surface area contributed by atoms with Gasteiger partial charge in [0, 0.05) is 58.2 Å². The van der Waals surface area contributed by atoms with Crippen LogP contribution < -0.4 is 0 Å². The lowest BCUT2D eigenvalue weighted by atomic mass is 9.72. The first kappa shape index (κ1) is 47.9. The topological polar surface area (TPSA) is 170 Å². The molecule has 1 spiro atoms. The number of esters is 1. The molecule has 0 aromatic carbocycles. The molecule has 20 atom stereocenters. The quantitative estimate of drug-likeness (QED) is 0.204. The van der Waals surface area contributed by atoms with E-state index in [0.29, 0.717) is 55.9 Å². The van der Waals surface area contributed by atoms with Crippen LogP contribution in [0.25, 0.3) is 0 Å². The zero-order valence-corrected chi connectivity index (χ0v) is 38.5. The van der Waals surface area contributed by atoms with Crippen molar-refractivity contribution < 1.29 is 67.5 Å². The number of methoxy groups -OCH3 is 2. The predicted octanol–water partition coefficient (Wildman–Crippen LogP) is 5.60. The maximum atomic E-state index is 14.3. The summed E-state index contributed by atoms with van der Waals surface area (Å²) in [4.78, 5) is 14.3. The third kappa shape index (κ3) is 9.73. The first-order chi connectivity index (χ1) is 29.5. The van der Waals surface area contributed by atoms with Gasteiger partial charge in [0.05, 0.1) is 61.0 Å². The molecule has 350 valence electrons. The van der Waals surface area contributed by atoms with Crippen LogP contribution in [0.5, 0.6) is 0 Å². The second-order valence-corrected chi connectivity index (χ2v) is 19.4. The van der Waals surface area contributed by atoms with E-state index in [-0.39, 0.29) is 36.4 Å². The van der Waals surface area contributed by atoms with Gasteiger partial charge in [-0.3, -0.25) is 0 Å². The maximum absolute atomic E-state index is 14.3. The molecule has 6 aliphatic heterocycles. The molecule has 1 unspecified atom stereocenters. The fourth-order valence-corrected chi connectivity index (χ4v) is 10.9. The molecule has 3 N–H and O–H groups in total. The number of hydrogen-bond donors (Lipinski definition) is 3. The highest BCUT2D eigenvalue weighted by Gasteiger charge is 2.59. The van der Waals surface area contributed by atoms with E-state index in [9.17, 15) is 20.1 Å². The second kappa shape index (κ2) is 19.8. The molecule has 7 aliphatic rings. The number of hydrogen-bond acceptors (Lipinski definition) is 14. The first-order valence-corrected chi connectivity index (χ1v) is 23.2. The molecule has 0 aromatic heterocycles. The van der Waals surface area contributed by atoms with Crippen molar-refractivity contribution in [3.05, 3.63) is 47.1 Å². The van der Waals surface area contributed by atoms with Crippen LogP contribution in [0.4, 0.5) is 0 Å². The molecule has 14 nitrogen and oxygen atoms in total. The summed E-state index contributed by atoms with van der Waals surface area (Å²) in [5.74, 6) is -1.53. The number of carbonyl (C=O) groups excluding carboxylic acids is 1. The van der Waals surface area contributed by atoms with Crippen molar-refractivity contribution in [1.29, 1.82) is 0 Å². The van der Waals surface area contributed by atoms with E-state index in [1.54, 1.807) is 33.3 Å². The van der Waals surface area contributed by atoms with Crippen LogP contribution >= 0.6 is 0 Å². The third-order valence-corrected chi connectivity index (χ3v) is 14.9. The highest BCUT2D eigenvalue weighted by Crippen LogP contribution is 2.48. The smallest absolute Gasteiger partial charge is 0.337 e. The molecule has 0 radical (unpaired) electrons. The van der Waals surface area contributed by atoms with Gasteiger partial charge in [0.15, 0.2) is 18.4 Å². The van der Waals surface area contributed by atoms with Gasteiger partial charge in [-0.25, -0.2) is 4.79 Å². The number of allylic oxidation sites excluding steroid dienone is 2. The van der Waals surface area contributed by atoms with Crippen molar-refractivity contribution >= 4 is 5.97 Å². The van der Waals surface area contributed by atoms with Crippen molar-refractivity contribution in [2.24, 2.45) is 23.7 Å². The normalized spacial score (nSPS) is 49.4. The molecule has 7 rings (SSSR count). The Morgan fingerprint density at radius 3 is 2.34 bits per heavy atom. The molecule has 0 saturated carbocycles. The summed E-state index contributed by atoms with van der Waals surface area (Å²) < 4.78 is 63.9. The molecular formula is C48H74O14. The highest BCUT2D eigenvalue weighted by molar-refractivity contribution is 5.93. The zero-order chi connectivity index (χ0) is 44.7. The van der Waals surface area contributed by atoms with Gasteiger partial charge in [0.1, 0.15) is 30.0 Å². The zero-order valence-electron chi connectivity index (χ0n) is 38.5. The minimum Gasteiger partial charge on any atom is -0.459 e. The molecule has 2 bridgehead atoms. The Labute approximate surface area is 368 Å². The van der Waals surface area contributed by atoms with Gasteiger partial charge in [0.25, 0.3) is 0 Å². The number of aliphatic hydroxyl groups is 3. The Morgan fingerprint density at radius 1 is 0.903 bits per heavy atom. The van der Waals surface area contributed by atoms with Gasteiger partial charge < -0.3 is 62.7 Å². The summed E-state index contributed by atoms with van der Waals surface area (Å²) in [6.45, 7) is 16.3. The van der Waals surface area contributed by atoms with Crippen molar-refractivity contribution in [2.45, 2.75) is 204 Å². The van der Waals surface area contributed by atoms with Crippen molar-refractivity contribution in [3.63, 3.8) is 0 Å². The maximum Gasteiger partial charge on any atom is 0.337 e. The summed E-state index contributed by atoms with van der Waals surface area (Å²) >= 11 is 0. The van der Waals surface area contributed by atoms with Gasteiger partial charge in [-0.1, -0.05) is 71.4 Å². The van der Waals surface area contributed by atoms with Gasteiger partial charge >= 0.3 is 5.97 Å². The highest BCUT2D eigenvalue weighted by atomic mass is 16.7. The molecule has 14 heteroatoms. The van der Waals surface area contributed by atoms with Gasteiger partial charge in [-0.2, -0.15) is 0 Å². The van der Waals surface area contributed by atoms with Gasteiger partial charge in [-0.15, -0.1) is 0 Å². The van der Waals surface area contributed by atoms with Crippen molar-refractivity contribution in [2.75, 3.05) is 20.8 Å². The monoisotopic (exact) mass is 875 g/mol. The van der Waals surface area contributed by atoms with Crippen LogP contribution in [0.2, 0.25) is 0 Å². The lowest BCUT2D eigenvalue weighted by Crippen LogP contribution is -2.56. The molecule has 5 fully saturated rings. The number of ether oxygens (including phenoxy) is 10. The molecule has 0 amide bonds. The summed E-state index contributed by atoms with van der Waals surface area (Å²) in [7, 11) is 3.23. The Balaban J connectivity index is 1.18. The standard InChI is InChI=1S/C48H74O14/c1-11-25(2)43-28(5)17-18-47(62-43)23-34-20-33(61-47)16-15-27(4)42(26(3)13-12-14-32-24-55-45-40(49)29(6)19-35(46(51)58-34)48(32,45)52)59-39-22-37(54-10)44(31(8)57-39)60-38-21-36(53-9)41(50)30(7)56-38/h12-15,19,25-26,28-31,33-34,36-45,49-50,52H,11,16-18,20-24H2,1-10H3/b13-12+,27-15+,32-14+/t25-,26-,28-,29?,30-,31-,33+,34-,36-,37-,38-,39-,40+,41+,42-,43+,44-,45+,47+,48+/m0/s1. The number of rotatable bonds is 8. The Morgan fingerprint density at radius 2 is 1.61 bits per heavy atom. The molecule has 62 heavy (non-hydrogen) atoms. The average molecular weight is 875 g/mol. The third-order valence-electron chi connectivity index (χ3n) is 14.9. The van der Waals surface area contributed by atoms with Crippen LogP contribution in [0.15, 0.2) is 47.1 Å². The number of fused-ring (bicyclic) bond motifs is 2. The number of aliphatic hydroxyl groups excluding tert-OH is 2. The van der Waals surface area contributed by atoms with E-state index in [1.807, 2.05) is 26.0 Å². The molecule has 5 saturated heterocycles. The predicted molar refractivity (Wildman–Crippen MR) is 227 cm³/mol. The fourth-order valence-electron chi connectivity index (χ4n) is 10.9. The van der Waals surface area contributed by atoms with Crippen LogP contribution in [0.1, 0.15) is 107 Å². The van der Waals surface area contributed by atoms with Crippen LogP contribution in [-0.4, -0.2) is 139 Å². The second-order valence-electron chi connectivity index (χ2n) is 19.4. The van der Waals surface area contributed by atoms with Crippen LogP contribution in [0, 0.1) is 23.7 Å². The number of carbonyl (C=O) groups is 1. The van der Waals surface area contributed by atoms with E-state index in [2.05, 4.69) is 40.7 Å². The minimum atomic E-state index is -1.88. The van der Waals surface area contributed by atoms with Crippen molar-refractivity contribution in [1.82, 2.24) is 0 Å². The first-order valence-electron chi connectivity index (χ1n) is 23.2. The van der Waals surface area contributed by atoms with Gasteiger partial charge in [-0.05, 0) is 56.6 Å². The van der Waals surface area contributed by atoms with E-state index in [0.717, 1.165) is 18.4 Å². The summed E-state index contributed by atoms with van der Waals surface area (Å²) in [6, 6.07) is 0. The lowest BCUT2D eigenvalue weighted by Gasteiger charge is -2.51. The Bertz CT molecular complexity index is 1680. The van der Waals surface area contributed by atoms with Crippen LogP contribution in [0.3, 0.4) is 0 Å². The average Bonchev–Trinajstić information content (AvgIpc) is 3.58. The Hall–Kier alpha value is -2.05. The van der Waals surface area contributed by atoms with Crippen LogP contribution in [-0.2, 0) is 52.2 Å². The molecular weight excluding hydrogens is 801 g/mol. The lowest BCUT2D eigenvalue weighted by molar-refractivity contribution is -0.340. The largest absolute Gasteiger partial charge is 0.459 e. The van der Waals surface area contributed by atoms with Crippen molar-refractivity contribution in [3.8, 4) is 0 Å². The minimum absolute atomic E-state index is 0.00895. The molecule has 1 aliphatic carbocycles. The van der Waals surface area contributed by atoms with E-state index < -0.39 is 90.8 Å². The summed E-state index contributed by atoms with van der Waals surface area (Å²) in [6.07, 6.45) is 6.53. The molecule has 6 heterocycles.